The van der Waals surface area contributed by atoms with Crippen molar-refractivity contribution in [2.24, 2.45) is 7.05 Å². The van der Waals surface area contributed by atoms with Gasteiger partial charge in [0, 0.05) is 25.0 Å². The molecule has 110 valence electrons. The van der Waals surface area contributed by atoms with Crippen molar-refractivity contribution in [3.8, 4) is 17.1 Å². The first kappa shape index (κ1) is 12.8. The number of nitrogens with one attached hydrogen (secondary N) is 1. The van der Waals surface area contributed by atoms with E-state index in [2.05, 4.69) is 41.2 Å². The first-order valence-electron chi connectivity index (χ1n) is 7.13. The Labute approximate surface area is 127 Å². The van der Waals surface area contributed by atoms with Gasteiger partial charge in [0.05, 0.1) is 11.9 Å². The molecule has 6 nitrogen and oxygen atoms in total. The molecule has 3 aromatic heterocycles. The quantitative estimate of drug-likeness (QED) is 0.618. The summed E-state index contributed by atoms with van der Waals surface area (Å²) in [6.07, 6.45) is 5.53. The minimum atomic E-state index is 0.834. The van der Waals surface area contributed by atoms with Gasteiger partial charge in [-0.15, -0.1) is 0 Å². The second kappa shape index (κ2) is 4.56. The van der Waals surface area contributed by atoms with Gasteiger partial charge in [0.25, 0.3) is 0 Å². The molecule has 0 spiro atoms. The normalized spacial score (nSPS) is 11.4. The van der Waals surface area contributed by atoms with Gasteiger partial charge in [0.1, 0.15) is 11.3 Å². The Kier molecular flexibility index (Phi) is 2.66. The molecule has 22 heavy (non-hydrogen) atoms. The summed E-state index contributed by atoms with van der Waals surface area (Å²) in [6.45, 7) is 4.19. The Morgan fingerprint density at radius 3 is 2.73 bits per heavy atom. The average Bonchev–Trinajstić information content (AvgIpc) is 3.17. The predicted octanol–water partition coefficient (Wildman–Crippen LogP) is 2.77. The van der Waals surface area contributed by atoms with Crippen LogP contribution in [0.4, 0.5) is 0 Å². The minimum Gasteiger partial charge on any atom is -0.335 e. The summed E-state index contributed by atoms with van der Waals surface area (Å²) in [7, 11) is 1.89. The smallest absolute Gasteiger partial charge is 0.176 e. The average molecular weight is 292 g/mol. The summed E-state index contributed by atoms with van der Waals surface area (Å²) in [5.41, 5.74) is 6.22. The molecule has 0 radical (unpaired) electrons. The van der Waals surface area contributed by atoms with Crippen LogP contribution < -0.4 is 0 Å². The molecular weight excluding hydrogens is 276 g/mol. The van der Waals surface area contributed by atoms with Crippen LogP contribution in [-0.4, -0.2) is 29.5 Å². The highest BCUT2D eigenvalue weighted by Crippen LogP contribution is 2.30. The van der Waals surface area contributed by atoms with Crippen LogP contribution in [0.25, 0.3) is 28.2 Å². The van der Waals surface area contributed by atoms with E-state index < -0.39 is 0 Å². The molecule has 4 aromatic rings. The number of H-pyrrole nitrogens is 1. The lowest BCUT2D eigenvalue weighted by Gasteiger charge is -2.12. The molecule has 0 aliphatic carbocycles. The van der Waals surface area contributed by atoms with Gasteiger partial charge in [-0.05, 0) is 37.1 Å². The lowest BCUT2D eigenvalue weighted by Crippen LogP contribution is -2.02. The number of hydrogen-bond acceptors (Lipinski definition) is 3. The van der Waals surface area contributed by atoms with E-state index in [4.69, 9.17) is 4.98 Å². The second-order valence-corrected chi connectivity index (χ2v) is 5.52. The van der Waals surface area contributed by atoms with Crippen LogP contribution in [-0.2, 0) is 7.05 Å². The van der Waals surface area contributed by atoms with Gasteiger partial charge < -0.3 is 4.98 Å². The molecular formula is C16H16N6. The largest absolute Gasteiger partial charge is 0.335 e. The fourth-order valence-corrected chi connectivity index (χ4v) is 2.89. The fraction of sp³-hybridized carbons (Fsp3) is 0.188. The van der Waals surface area contributed by atoms with Crippen LogP contribution in [0.1, 0.15) is 11.1 Å². The van der Waals surface area contributed by atoms with E-state index in [1.165, 1.54) is 5.56 Å². The number of aryl methyl sites for hydroxylation is 3. The first-order chi connectivity index (χ1) is 10.6. The predicted molar refractivity (Wildman–Crippen MR) is 84.9 cm³/mol. The number of aromatic amines is 1. The summed E-state index contributed by atoms with van der Waals surface area (Å²) in [6, 6.07) is 6.21. The molecule has 1 N–H and O–H groups in total. The third-order valence-electron chi connectivity index (χ3n) is 3.81. The molecule has 4 rings (SSSR count). The van der Waals surface area contributed by atoms with E-state index >= 15 is 0 Å². The Bertz CT molecular complexity index is 958. The maximum Gasteiger partial charge on any atom is 0.176 e. The maximum absolute atomic E-state index is 4.70. The number of rotatable bonds is 2. The highest BCUT2D eigenvalue weighted by atomic mass is 15.3. The molecule has 0 saturated heterocycles. The van der Waals surface area contributed by atoms with E-state index in [1.54, 1.807) is 17.1 Å². The zero-order valence-electron chi connectivity index (χ0n) is 12.7. The molecule has 0 aliphatic heterocycles. The highest BCUT2D eigenvalue weighted by molar-refractivity contribution is 5.79. The molecule has 1 aromatic carbocycles. The van der Waals surface area contributed by atoms with Crippen molar-refractivity contribution in [3.63, 3.8) is 0 Å². The zero-order valence-corrected chi connectivity index (χ0v) is 12.7. The van der Waals surface area contributed by atoms with Gasteiger partial charge in [-0.3, -0.25) is 0 Å². The maximum atomic E-state index is 4.70. The topological polar surface area (TPSA) is 64.3 Å². The monoisotopic (exact) mass is 292 g/mol. The van der Waals surface area contributed by atoms with Crippen molar-refractivity contribution in [2.75, 3.05) is 0 Å². The molecule has 6 heteroatoms. The third kappa shape index (κ3) is 1.84. The lowest BCUT2D eigenvalue weighted by atomic mass is 10.0. The number of fused-ring (bicyclic) bond motifs is 1. The summed E-state index contributed by atoms with van der Waals surface area (Å²) in [4.78, 5) is 8.05. The van der Waals surface area contributed by atoms with Crippen molar-refractivity contribution >= 4 is 11.2 Å². The molecule has 0 amide bonds. The summed E-state index contributed by atoms with van der Waals surface area (Å²) >= 11 is 0. The van der Waals surface area contributed by atoms with Gasteiger partial charge in [0.15, 0.2) is 5.65 Å². The summed E-state index contributed by atoms with van der Waals surface area (Å²) in [5.74, 6) is 0.834. The highest BCUT2D eigenvalue weighted by Gasteiger charge is 2.16. The second-order valence-electron chi connectivity index (χ2n) is 5.52. The van der Waals surface area contributed by atoms with Crippen LogP contribution in [0.2, 0.25) is 0 Å². The molecule has 0 aliphatic rings. The summed E-state index contributed by atoms with van der Waals surface area (Å²) in [5, 5.41) is 8.58. The van der Waals surface area contributed by atoms with Crippen molar-refractivity contribution < 1.29 is 0 Å². The van der Waals surface area contributed by atoms with E-state index in [0.717, 1.165) is 33.8 Å². The third-order valence-corrected chi connectivity index (χ3v) is 3.81. The van der Waals surface area contributed by atoms with Crippen LogP contribution in [0.3, 0.4) is 0 Å². The Hall–Kier alpha value is -2.89. The van der Waals surface area contributed by atoms with Crippen molar-refractivity contribution in [1.29, 1.82) is 0 Å². The Morgan fingerprint density at radius 1 is 1.14 bits per heavy atom. The fourth-order valence-electron chi connectivity index (χ4n) is 2.89. The van der Waals surface area contributed by atoms with Crippen molar-refractivity contribution in [2.45, 2.75) is 13.8 Å². The molecule has 0 atom stereocenters. The van der Waals surface area contributed by atoms with Crippen LogP contribution in [0.15, 0.2) is 36.8 Å². The number of hydrogen-bond donors (Lipinski definition) is 1. The molecule has 0 unspecified atom stereocenters. The van der Waals surface area contributed by atoms with Gasteiger partial charge >= 0.3 is 0 Å². The SMILES string of the molecule is Cc1cc(C)c(-n2cccn2)c(-c2nc3c(cnn3C)[nH]2)c1. The van der Waals surface area contributed by atoms with Gasteiger partial charge in [0.2, 0.25) is 0 Å². The molecule has 0 fully saturated rings. The van der Waals surface area contributed by atoms with Crippen LogP contribution in [0, 0.1) is 13.8 Å². The standard InChI is InChI=1S/C16H16N6/c1-10-7-11(2)14(22-6-4-5-17-22)12(8-10)15-19-13-9-18-21(3)16(13)20-15/h4-9H,1-3H3,(H,19,20). The molecule has 3 heterocycles. The van der Waals surface area contributed by atoms with Crippen LogP contribution >= 0.6 is 0 Å². The Balaban J connectivity index is 2.01. The number of imidazole rings is 1. The van der Waals surface area contributed by atoms with E-state index in [0.29, 0.717) is 0 Å². The van der Waals surface area contributed by atoms with Crippen LogP contribution in [0.5, 0.6) is 0 Å². The van der Waals surface area contributed by atoms with Gasteiger partial charge in [-0.25, -0.2) is 14.3 Å². The minimum absolute atomic E-state index is 0.834. The zero-order chi connectivity index (χ0) is 15.3. The van der Waals surface area contributed by atoms with E-state index in [1.807, 2.05) is 24.0 Å². The van der Waals surface area contributed by atoms with Gasteiger partial charge in [-0.1, -0.05) is 6.07 Å². The van der Waals surface area contributed by atoms with Crippen molar-refractivity contribution in [1.82, 2.24) is 29.5 Å². The summed E-state index contributed by atoms with van der Waals surface area (Å²) < 4.78 is 3.65. The van der Waals surface area contributed by atoms with Gasteiger partial charge in [-0.2, -0.15) is 10.2 Å². The van der Waals surface area contributed by atoms with Crippen molar-refractivity contribution in [3.05, 3.63) is 47.9 Å². The lowest BCUT2D eigenvalue weighted by molar-refractivity contribution is 0.786. The number of aromatic nitrogens is 6. The first-order valence-corrected chi connectivity index (χ1v) is 7.13. The van der Waals surface area contributed by atoms with E-state index in [9.17, 15) is 0 Å². The molecule has 0 saturated carbocycles. The Morgan fingerprint density at radius 2 is 2.00 bits per heavy atom. The number of nitrogens with zero attached hydrogens (tertiary/aromatic N) is 5. The number of benzene rings is 1. The molecule has 0 bridgehead atoms. The van der Waals surface area contributed by atoms with E-state index in [-0.39, 0.29) is 0 Å².